The SMILES string of the molecule is COc1cc(C#N)ccc1OCC(=O)Nc1ccccc1C(F)(F)F. The Balaban J connectivity index is 2.07. The molecule has 0 bridgehead atoms. The monoisotopic (exact) mass is 350 g/mol. The molecule has 130 valence electrons. The third-order valence-electron chi connectivity index (χ3n) is 3.16. The Morgan fingerprint density at radius 2 is 1.92 bits per heavy atom. The summed E-state index contributed by atoms with van der Waals surface area (Å²) in [6.07, 6.45) is -4.58. The highest BCUT2D eigenvalue weighted by Gasteiger charge is 2.33. The van der Waals surface area contributed by atoms with Gasteiger partial charge >= 0.3 is 6.18 Å². The Kier molecular flexibility index (Phi) is 5.49. The standard InChI is InChI=1S/C17H13F3N2O3/c1-24-15-8-11(9-21)6-7-14(15)25-10-16(23)22-13-5-3-2-4-12(13)17(18,19)20/h2-8H,10H2,1H3,(H,22,23). The molecule has 2 aromatic carbocycles. The number of hydrogen-bond acceptors (Lipinski definition) is 4. The lowest BCUT2D eigenvalue weighted by Crippen LogP contribution is -2.22. The van der Waals surface area contributed by atoms with Crippen molar-refractivity contribution in [2.75, 3.05) is 19.0 Å². The second-order valence-electron chi connectivity index (χ2n) is 4.86. The first-order valence-electron chi connectivity index (χ1n) is 7.02. The van der Waals surface area contributed by atoms with Gasteiger partial charge in [0.1, 0.15) is 0 Å². The second-order valence-corrected chi connectivity index (χ2v) is 4.86. The van der Waals surface area contributed by atoms with Gasteiger partial charge in [-0.1, -0.05) is 12.1 Å². The van der Waals surface area contributed by atoms with Gasteiger partial charge in [0.15, 0.2) is 18.1 Å². The fourth-order valence-corrected chi connectivity index (χ4v) is 2.03. The molecule has 0 radical (unpaired) electrons. The van der Waals surface area contributed by atoms with Gasteiger partial charge in [-0.05, 0) is 24.3 Å². The molecule has 0 atom stereocenters. The molecule has 0 aliphatic carbocycles. The smallest absolute Gasteiger partial charge is 0.418 e. The summed E-state index contributed by atoms with van der Waals surface area (Å²) in [4.78, 5) is 11.9. The Morgan fingerprint density at radius 1 is 1.20 bits per heavy atom. The molecule has 0 heterocycles. The van der Waals surface area contributed by atoms with Gasteiger partial charge in [-0.2, -0.15) is 18.4 Å². The zero-order chi connectivity index (χ0) is 18.4. The average Bonchev–Trinajstić information content (AvgIpc) is 2.59. The zero-order valence-corrected chi connectivity index (χ0v) is 13.1. The van der Waals surface area contributed by atoms with E-state index in [-0.39, 0.29) is 17.2 Å². The van der Waals surface area contributed by atoms with E-state index in [4.69, 9.17) is 14.7 Å². The number of nitriles is 1. The second kappa shape index (κ2) is 7.57. The largest absolute Gasteiger partial charge is 0.493 e. The van der Waals surface area contributed by atoms with Crippen LogP contribution in [0.25, 0.3) is 0 Å². The number of amides is 1. The molecule has 5 nitrogen and oxygen atoms in total. The summed E-state index contributed by atoms with van der Waals surface area (Å²) >= 11 is 0. The van der Waals surface area contributed by atoms with Crippen LogP contribution in [0.15, 0.2) is 42.5 Å². The summed E-state index contributed by atoms with van der Waals surface area (Å²) in [5.74, 6) is -0.327. The molecule has 0 spiro atoms. The maximum Gasteiger partial charge on any atom is 0.418 e. The number of hydrogen-bond donors (Lipinski definition) is 1. The molecule has 8 heteroatoms. The Labute approximate surface area is 141 Å². The minimum absolute atomic E-state index is 0.195. The molecule has 0 fully saturated rings. The number of nitrogens with one attached hydrogen (secondary N) is 1. The first kappa shape index (κ1) is 18.1. The van der Waals surface area contributed by atoms with Crippen molar-refractivity contribution in [2.24, 2.45) is 0 Å². The number of alkyl halides is 3. The van der Waals surface area contributed by atoms with Crippen LogP contribution in [0.2, 0.25) is 0 Å². The number of benzene rings is 2. The van der Waals surface area contributed by atoms with Crippen LogP contribution in [0.5, 0.6) is 11.5 Å². The summed E-state index contributed by atoms with van der Waals surface area (Å²) in [6.45, 7) is -0.519. The van der Waals surface area contributed by atoms with Gasteiger partial charge in [0.25, 0.3) is 5.91 Å². The van der Waals surface area contributed by atoms with Crippen LogP contribution in [-0.2, 0) is 11.0 Å². The van der Waals surface area contributed by atoms with E-state index in [1.54, 1.807) is 0 Å². The van der Waals surface area contributed by atoms with E-state index in [1.165, 1.54) is 37.4 Å². The normalized spacial score (nSPS) is 10.7. The summed E-state index contributed by atoms with van der Waals surface area (Å²) in [7, 11) is 1.36. The van der Waals surface area contributed by atoms with Crippen molar-refractivity contribution < 1.29 is 27.4 Å². The number of anilines is 1. The molecule has 2 rings (SSSR count). The lowest BCUT2D eigenvalue weighted by molar-refractivity contribution is -0.137. The Hall–Kier alpha value is -3.21. The highest BCUT2D eigenvalue weighted by Crippen LogP contribution is 2.34. The Morgan fingerprint density at radius 3 is 2.56 bits per heavy atom. The van der Waals surface area contributed by atoms with Gasteiger partial charge in [-0.3, -0.25) is 4.79 Å². The lowest BCUT2D eigenvalue weighted by atomic mass is 10.1. The molecule has 1 amide bonds. The van der Waals surface area contributed by atoms with Gasteiger partial charge in [-0.25, -0.2) is 0 Å². The number of rotatable bonds is 5. The van der Waals surface area contributed by atoms with Crippen molar-refractivity contribution in [3.05, 3.63) is 53.6 Å². The maximum atomic E-state index is 12.9. The first-order valence-corrected chi connectivity index (χ1v) is 7.02. The number of methoxy groups -OCH3 is 1. The zero-order valence-electron chi connectivity index (χ0n) is 13.1. The first-order chi connectivity index (χ1) is 11.8. The van der Waals surface area contributed by atoms with E-state index in [9.17, 15) is 18.0 Å². The quantitative estimate of drug-likeness (QED) is 0.894. The third kappa shape index (κ3) is 4.64. The van der Waals surface area contributed by atoms with Crippen molar-refractivity contribution in [1.82, 2.24) is 0 Å². The van der Waals surface area contributed by atoms with Crippen LogP contribution in [-0.4, -0.2) is 19.6 Å². The number of carbonyl (C=O) groups is 1. The highest BCUT2D eigenvalue weighted by molar-refractivity contribution is 5.92. The summed E-state index contributed by atoms with van der Waals surface area (Å²) in [5, 5.41) is 11.0. The van der Waals surface area contributed by atoms with Crippen LogP contribution in [0.1, 0.15) is 11.1 Å². The molecular formula is C17H13F3N2O3. The van der Waals surface area contributed by atoms with Gasteiger partial charge in [0, 0.05) is 6.07 Å². The van der Waals surface area contributed by atoms with E-state index >= 15 is 0 Å². The maximum absolute atomic E-state index is 12.9. The number of carbonyl (C=O) groups excluding carboxylic acids is 1. The average molecular weight is 350 g/mol. The number of para-hydroxylation sites is 1. The molecule has 0 saturated carbocycles. The topological polar surface area (TPSA) is 71.3 Å². The molecule has 0 saturated heterocycles. The van der Waals surface area contributed by atoms with Crippen LogP contribution in [0.4, 0.5) is 18.9 Å². The van der Waals surface area contributed by atoms with E-state index < -0.39 is 24.3 Å². The molecule has 0 aliphatic heterocycles. The van der Waals surface area contributed by atoms with E-state index in [0.717, 1.165) is 12.1 Å². The number of nitrogens with zero attached hydrogens (tertiary/aromatic N) is 1. The highest BCUT2D eigenvalue weighted by atomic mass is 19.4. The molecule has 0 aromatic heterocycles. The molecule has 0 aliphatic rings. The van der Waals surface area contributed by atoms with E-state index in [0.29, 0.717) is 5.56 Å². The van der Waals surface area contributed by atoms with E-state index in [2.05, 4.69) is 5.32 Å². The van der Waals surface area contributed by atoms with Crippen molar-refractivity contribution in [2.45, 2.75) is 6.18 Å². The van der Waals surface area contributed by atoms with Gasteiger partial charge < -0.3 is 14.8 Å². The van der Waals surface area contributed by atoms with Crippen molar-refractivity contribution in [3.8, 4) is 17.6 Å². The summed E-state index contributed by atoms with van der Waals surface area (Å²) in [5.41, 5.74) is -0.956. The van der Waals surface area contributed by atoms with Gasteiger partial charge in [0.05, 0.1) is 30.0 Å². The number of halogens is 3. The molecule has 0 unspecified atom stereocenters. The van der Waals surface area contributed by atoms with Crippen LogP contribution in [0, 0.1) is 11.3 Å². The lowest BCUT2D eigenvalue weighted by Gasteiger charge is -2.14. The minimum Gasteiger partial charge on any atom is -0.493 e. The molecule has 2 aromatic rings. The fraction of sp³-hybridized carbons (Fsp3) is 0.176. The van der Waals surface area contributed by atoms with E-state index in [1.807, 2.05) is 6.07 Å². The van der Waals surface area contributed by atoms with Crippen LogP contribution in [0.3, 0.4) is 0 Å². The van der Waals surface area contributed by atoms with Crippen molar-refractivity contribution in [1.29, 1.82) is 5.26 Å². The molecule has 1 N–H and O–H groups in total. The summed E-state index contributed by atoms with van der Waals surface area (Å²) < 4.78 is 49.0. The minimum atomic E-state index is -4.58. The predicted octanol–water partition coefficient (Wildman–Crippen LogP) is 3.60. The van der Waals surface area contributed by atoms with Crippen molar-refractivity contribution >= 4 is 11.6 Å². The predicted molar refractivity (Wildman–Crippen MR) is 83.3 cm³/mol. The summed E-state index contributed by atoms with van der Waals surface area (Å²) in [6, 6.07) is 10.9. The third-order valence-corrected chi connectivity index (χ3v) is 3.16. The van der Waals surface area contributed by atoms with Gasteiger partial charge in [-0.15, -0.1) is 0 Å². The fourth-order valence-electron chi connectivity index (χ4n) is 2.03. The van der Waals surface area contributed by atoms with Crippen LogP contribution >= 0.6 is 0 Å². The van der Waals surface area contributed by atoms with Crippen LogP contribution < -0.4 is 14.8 Å². The molecule has 25 heavy (non-hydrogen) atoms. The molecular weight excluding hydrogens is 337 g/mol. The van der Waals surface area contributed by atoms with Crippen molar-refractivity contribution in [3.63, 3.8) is 0 Å². The number of ether oxygens (including phenoxy) is 2. The Bertz CT molecular complexity index is 814. The van der Waals surface area contributed by atoms with Gasteiger partial charge in [0.2, 0.25) is 0 Å².